The Balaban J connectivity index is 2.63. The molecule has 1 aliphatic rings. The summed E-state index contributed by atoms with van der Waals surface area (Å²) >= 11 is 0. The van der Waals surface area contributed by atoms with Crippen LogP contribution in [0.5, 0.6) is 5.75 Å². The predicted octanol–water partition coefficient (Wildman–Crippen LogP) is 3.15. The zero-order valence-corrected chi connectivity index (χ0v) is 10.9. The van der Waals surface area contributed by atoms with E-state index in [2.05, 4.69) is 20.8 Å². The monoisotopic (exact) mass is 230 g/mol. The number of allylic oxidation sites excluding steroid dienone is 1. The molecular formula is C15H18O2. The van der Waals surface area contributed by atoms with Crippen molar-refractivity contribution in [2.75, 3.05) is 6.61 Å². The van der Waals surface area contributed by atoms with Gasteiger partial charge in [-0.2, -0.15) is 0 Å². The van der Waals surface area contributed by atoms with Crippen LogP contribution in [0.1, 0.15) is 34.7 Å². The van der Waals surface area contributed by atoms with Crippen LogP contribution in [0.2, 0.25) is 0 Å². The fourth-order valence-corrected chi connectivity index (χ4v) is 2.35. The molecule has 0 saturated carbocycles. The van der Waals surface area contributed by atoms with Crippen LogP contribution in [0.25, 0.3) is 6.08 Å². The van der Waals surface area contributed by atoms with Gasteiger partial charge in [-0.25, -0.2) is 0 Å². The summed E-state index contributed by atoms with van der Waals surface area (Å²) in [5.74, 6) is 1.10. The summed E-state index contributed by atoms with van der Waals surface area (Å²) in [6, 6.07) is 0. The van der Waals surface area contributed by atoms with Crippen LogP contribution in [0.4, 0.5) is 0 Å². The minimum absolute atomic E-state index is 0.0790. The first-order chi connectivity index (χ1) is 8.02. The average molecular weight is 230 g/mol. The van der Waals surface area contributed by atoms with Gasteiger partial charge in [0.2, 0.25) is 0 Å². The topological polar surface area (TPSA) is 26.3 Å². The second kappa shape index (κ2) is 4.36. The molecule has 1 heterocycles. The highest BCUT2D eigenvalue weighted by molar-refractivity contribution is 5.92. The summed E-state index contributed by atoms with van der Waals surface area (Å²) in [5, 5.41) is 0. The van der Waals surface area contributed by atoms with Crippen LogP contribution in [0.15, 0.2) is 6.08 Å². The van der Waals surface area contributed by atoms with Gasteiger partial charge in [0.25, 0.3) is 0 Å². The number of ketones is 1. The van der Waals surface area contributed by atoms with E-state index in [0.29, 0.717) is 0 Å². The van der Waals surface area contributed by atoms with Crippen LogP contribution in [0.3, 0.4) is 0 Å². The molecule has 0 aliphatic carbocycles. The minimum Gasteiger partial charge on any atom is -0.493 e. The van der Waals surface area contributed by atoms with Crippen molar-refractivity contribution in [1.82, 2.24) is 0 Å². The van der Waals surface area contributed by atoms with Crippen molar-refractivity contribution in [1.29, 1.82) is 0 Å². The number of hydrogen-bond acceptors (Lipinski definition) is 2. The maximum atomic E-state index is 11.1. The molecule has 0 fully saturated rings. The molecule has 0 unspecified atom stereocenters. The Labute approximate surface area is 102 Å². The summed E-state index contributed by atoms with van der Waals surface area (Å²) in [6.07, 6.45) is 4.50. The van der Waals surface area contributed by atoms with Gasteiger partial charge in [0.05, 0.1) is 6.61 Å². The predicted molar refractivity (Wildman–Crippen MR) is 69.6 cm³/mol. The molecule has 2 heteroatoms. The molecule has 90 valence electrons. The minimum atomic E-state index is 0.0790. The average Bonchev–Trinajstić information content (AvgIpc) is 2.74. The molecule has 1 aromatic rings. The molecule has 17 heavy (non-hydrogen) atoms. The lowest BCUT2D eigenvalue weighted by Gasteiger charge is -2.14. The second-order valence-corrected chi connectivity index (χ2v) is 4.64. The van der Waals surface area contributed by atoms with Crippen molar-refractivity contribution in [2.45, 2.75) is 34.1 Å². The third-order valence-corrected chi connectivity index (χ3v) is 3.55. The maximum Gasteiger partial charge on any atom is 0.152 e. The maximum absolute atomic E-state index is 11.1. The Morgan fingerprint density at radius 2 is 1.88 bits per heavy atom. The molecular weight excluding hydrogens is 212 g/mol. The molecule has 2 nitrogen and oxygen atoms in total. The van der Waals surface area contributed by atoms with Gasteiger partial charge >= 0.3 is 0 Å². The van der Waals surface area contributed by atoms with Gasteiger partial charge in [-0.15, -0.1) is 0 Å². The third kappa shape index (κ3) is 1.99. The molecule has 0 bridgehead atoms. The van der Waals surface area contributed by atoms with Crippen molar-refractivity contribution >= 4 is 11.9 Å². The lowest BCUT2D eigenvalue weighted by Crippen LogP contribution is -1.97. The summed E-state index contributed by atoms with van der Waals surface area (Å²) < 4.78 is 5.69. The van der Waals surface area contributed by atoms with E-state index in [-0.39, 0.29) is 5.78 Å². The van der Waals surface area contributed by atoms with E-state index in [1.165, 1.54) is 22.3 Å². The summed E-state index contributed by atoms with van der Waals surface area (Å²) in [5.41, 5.74) is 6.16. The van der Waals surface area contributed by atoms with Crippen LogP contribution >= 0.6 is 0 Å². The molecule has 1 aliphatic heterocycles. The number of benzene rings is 1. The van der Waals surface area contributed by atoms with E-state index >= 15 is 0 Å². The molecule has 2 rings (SSSR count). The highest BCUT2D eigenvalue weighted by atomic mass is 16.5. The Bertz CT molecular complexity index is 510. The molecule has 0 radical (unpaired) electrons. The zero-order chi connectivity index (χ0) is 12.6. The first-order valence-corrected chi connectivity index (χ1v) is 5.96. The van der Waals surface area contributed by atoms with Gasteiger partial charge < -0.3 is 4.74 Å². The van der Waals surface area contributed by atoms with E-state index in [4.69, 9.17) is 4.74 Å². The third-order valence-electron chi connectivity index (χ3n) is 3.55. The van der Waals surface area contributed by atoms with E-state index < -0.39 is 0 Å². The van der Waals surface area contributed by atoms with Crippen molar-refractivity contribution in [2.24, 2.45) is 0 Å². The van der Waals surface area contributed by atoms with Gasteiger partial charge in [-0.1, -0.05) is 6.08 Å². The SMILES string of the molecule is CC(=O)/C=C/c1c(C)c(C)c(C)c2c1CCO2. The molecule has 0 amide bonds. The smallest absolute Gasteiger partial charge is 0.152 e. The molecule has 1 aromatic carbocycles. The Morgan fingerprint density at radius 1 is 1.18 bits per heavy atom. The fraction of sp³-hybridized carbons (Fsp3) is 0.400. The standard InChI is InChI=1S/C15H18O2/c1-9(16)5-6-13-11(3)10(2)12(4)15-14(13)7-8-17-15/h5-6H,7-8H2,1-4H3/b6-5+. The number of hydrogen-bond donors (Lipinski definition) is 0. The van der Waals surface area contributed by atoms with Crippen LogP contribution in [-0.2, 0) is 11.2 Å². The van der Waals surface area contributed by atoms with Gasteiger partial charge in [-0.3, -0.25) is 4.79 Å². The second-order valence-electron chi connectivity index (χ2n) is 4.64. The number of carbonyl (C=O) groups excluding carboxylic acids is 1. The molecule has 0 atom stereocenters. The summed E-state index contributed by atoms with van der Waals surface area (Å²) in [7, 11) is 0. The van der Waals surface area contributed by atoms with E-state index in [1.807, 2.05) is 6.08 Å². The van der Waals surface area contributed by atoms with Crippen LogP contribution in [0, 0.1) is 20.8 Å². The Kier molecular flexibility index (Phi) is 3.05. The zero-order valence-electron chi connectivity index (χ0n) is 10.9. The lowest BCUT2D eigenvalue weighted by atomic mass is 9.91. The molecule has 0 saturated heterocycles. The highest BCUT2D eigenvalue weighted by Crippen LogP contribution is 2.37. The first-order valence-electron chi connectivity index (χ1n) is 5.96. The van der Waals surface area contributed by atoms with Crippen molar-refractivity contribution < 1.29 is 9.53 Å². The largest absolute Gasteiger partial charge is 0.493 e. The van der Waals surface area contributed by atoms with Gasteiger partial charge in [0.15, 0.2) is 5.78 Å². The highest BCUT2D eigenvalue weighted by Gasteiger charge is 2.21. The number of rotatable bonds is 2. The van der Waals surface area contributed by atoms with E-state index in [1.54, 1.807) is 13.0 Å². The summed E-state index contributed by atoms with van der Waals surface area (Å²) in [4.78, 5) is 11.1. The Hall–Kier alpha value is -1.57. The normalized spacial score (nSPS) is 13.9. The van der Waals surface area contributed by atoms with Gasteiger partial charge in [0.1, 0.15) is 5.75 Å². The van der Waals surface area contributed by atoms with E-state index in [9.17, 15) is 4.79 Å². The summed E-state index contributed by atoms with van der Waals surface area (Å²) in [6.45, 7) is 8.65. The van der Waals surface area contributed by atoms with E-state index in [0.717, 1.165) is 24.3 Å². The van der Waals surface area contributed by atoms with Crippen molar-refractivity contribution in [3.63, 3.8) is 0 Å². The van der Waals surface area contributed by atoms with Crippen molar-refractivity contribution in [3.8, 4) is 5.75 Å². The quantitative estimate of drug-likeness (QED) is 0.729. The lowest BCUT2D eigenvalue weighted by molar-refractivity contribution is -0.112. The first kappa shape index (κ1) is 11.9. The molecule has 0 spiro atoms. The molecule has 0 aromatic heterocycles. The number of ether oxygens (including phenoxy) is 1. The number of fused-ring (bicyclic) bond motifs is 1. The molecule has 0 N–H and O–H groups in total. The number of carbonyl (C=O) groups is 1. The van der Waals surface area contributed by atoms with Gasteiger partial charge in [0, 0.05) is 12.0 Å². The van der Waals surface area contributed by atoms with Crippen molar-refractivity contribution in [3.05, 3.63) is 33.9 Å². The Morgan fingerprint density at radius 3 is 2.53 bits per heavy atom. The van der Waals surface area contributed by atoms with Crippen LogP contribution < -0.4 is 4.74 Å². The van der Waals surface area contributed by atoms with Gasteiger partial charge in [-0.05, 0) is 56.0 Å². The fourth-order valence-electron chi connectivity index (χ4n) is 2.35. The van der Waals surface area contributed by atoms with Crippen LogP contribution in [-0.4, -0.2) is 12.4 Å².